The average Bonchev–Trinajstić information content (AvgIpc) is 2.67. The van der Waals surface area contributed by atoms with E-state index < -0.39 is 0 Å². The molecule has 19 heavy (non-hydrogen) atoms. The molecule has 0 saturated heterocycles. The van der Waals surface area contributed by atoms with E-state index in [1.165, 1.54) is 10.9 Å². The summed E-state index contributed by atoms with van der Waals surface area (Å²) in [4.78, 5) is 2.44. The number of para-hydroxylation sites is 1. The van der Waals surface area contributed by atoms with E-state index in [4.69, 9.17) is 4.42 Å². The molecular weight excluding hydrogens is 234 g/mol. The Labute approximate surface area is 114 Å². The Morgan fingerprint density at radius 2 is 2.21 bits per heavy atom. The zero-order chi connectivity index (χ0) is 13.5. The Bertz CT molecular complexity index is 613. The molecule has 1 aliphatic rings. The van der Waals surface area contributed by atoms with Crippen LogP contribution in [0.1, 0.15) is 24.7 Å². The molecule has 0 spiro atoms. The normalized spacial score (nSPS) is 24.1. The standard InChI is InChI=1S/C17H21NO/c1-4-10-17(2)12-16-14(9-11-18(17)3)13-7-5-6-8-15(13)19-16/h4-8H,1,9-12H2,2-3H3. The maximum atomic E-state index is 6.10. The molecule has 3 rings (SSSR count). The number of benzene rings is 1. The number of hydrogen-bond acceptors (Lipinski definition) is 2. The van der Waals surface area contributed by atoms with Gasteiger partial charge in [0.25, 0.3) is 0 Å². The van der Waals surface area contributed by atoms with E-state index in [9.17, 15) is 0 Å². The van der Waals surface area contributed by atoms with Crippen LogP contribution in [-0.2, 0) is 12.8 Å². The number of rotatable bonds is 2. The lowest BCUT2D eigenvalue weighted by atomic mass is 9.91. The van der Waals surface area contributed by atoms with E-state index in [0.717, 1.165) is 37.2 Å². The third-order valence-corrected chi connectivity index (χ3v) is 4.53. The summed E-state index contributed by atoms with van der Waals surface area (Å²) in [6, 6.07) is 8.38. The molecule has 1 unspecified atom stereocenters. The molecule has 2 heterocycles. The maximum absolute atomic E-state index is 6.10. The van der Waals surface area contributed by atoms with Gasteiger partial charge >= 0.3 is 0 Å². The van der Waals surface area contributed by atoms with Crippen LogP contribution in [0, 0.1) is 0 Å². The van der Waals surface area contributed by atoms with Gasteiger partial charge in [0.2, 0.25) is 0 Å². The summed E-state index contributed by atoms with van der Waals surface area (Å²) in [5.74, 6) is 1.16. The molecule has 1 aliphatic heterocycles. The summed E-state index contributed by atoms with van der Waals surface area (Å²) < 4.78 is 6.10. The van der Waals surface area contributed by atoms with E-state index in [2.05, 4.69) is 43.6 Å². The molecule has 0 aliphatic carbocycles. The molecule has 100 valence electrons. The third-order valence-electron chi connectivity index (χ3n) is 4.53. The Hall–Kier alpha value is -1.54. The van der Waals surface area contributed by atoms with Gasteiger partial charge < -0.3 is 4.42 Å². The molecule has 1 atom stereocenters. The minimum Gasteiger partial charge on any atom is -0.461 e. The number of hydrogen-bond donors (Lipinski definition) is 0. The van der Waals surface area contributed by atoms with E-state index in [-0.39, 0.29) is 5.54 Å². The van der Waals surface area contributed by atoms with Crippen LogP contribution in [0.3, 0.4) is 0 Å². The fourth-order valence-corrected chi connectivity index (χ4v) is 3.14. The van der Waals surface area contributed by atoms with Gasteiger partial charge in [-0.15, -0.1) is 6.58 Å². The van der Waals surface area contributed by atoms with E-state index in [1.54, 1.807) is 0 Å². The predicted octanol–water partition coefficient (Wildman–Crippen LogP) is 3.80. The quantitative estimate of drug-likeness (QED) is 0.759. The second-order valence-electron chi connectivity index (χ2n) is 5.84. The molecule has 2 nitrogen and oxygen atoms in total. The summed E-state index contributed by atoms with van der Waals surface area (Å²) in [6.07, 6.45) is 5.03. The van der Waals surface area contributed by atoms with Gasteiger partial charge in [0.15, 0.2) is 0 Å². The van der Waals surface area contributed by atoms with Gasteiger partial charge in [0.1, 0.15) is 11.3 Å². The monoisotopic (exact) mass is 255 g/mol. The van der Waals surface area contributed by atoms with Crippen molar-refractivity contribution in [2.45, 2.75) is 31.7 Å². The van der Waals surface area contributed by atoms with Crippen molar-refractivity contribution in [3.8, 4) is 0 Å². The first-order valence-electron chi connectivity index (χ1n) is 6.95. The highest BCUT2D eigenvalue weighted by Crippen LogP contribution is 2.34. The summed E-state index contributed by atoms with van der Waals surface area (Å²) in [7, 11) is 2.21. The summed E-state index contributed by atoms with van der Waals surface area (Å²) in [5, 5.41) is 1.29. The first kappa shape index (κ1) is 12.5. The predicted molar refractivity (Wildman–Crippen MR) is 79.5 cm³/mol. The Morgan fingerprint density at radius 3 is 3.00 bits per heavy atom. The van der Waals surface area contributed by atoms with Crippen molar-refractivity contribution >= 4 is 11.0 Å². The topological polar surface area (TPSA) is 16.4 Å². The number of nitrogens with zero attached hydrogens (tertiary/aromatic N) is 1. The lowest BCUT2D eigenvalue weighted by Gasteiger charge is -2.36. The zero-order valence-electron chi connectivity index (χ0n) is 11.8. The van der Waals surface area contributed by atoms with Gasteiger partial charge in [-0.25, -0.2) is 0 Å². The maximum Gasteiger partial charge on any atom is 0.134 e. The Kier molecular flexibility index (Phi) is 2.98. The Balaban J connectivity index is 2.09. The van der Waals surface area contributed by atoms with Crippen molar-refractivity contribution in [3.05, 3.63) is 48.2 Å². The lowest BCUT2D eigenvalue weighted by molar-refractivity contribution is 0.142. The average molecular weight is 255 g/mol. The summed E-state index contributed by atoms with van der Waals surface area (Å²) in [5.41, 5.74) is 2.54. The number of fused-ring (bicyclic) bond motifs is 3. The van der Waals surface area contributed by atoms with Crippen LogP contribution in [0.15, 0.2) is 41.3 Å². The summed E-state index contributed by atoms with van der Waals surface area (Å²) in [6.45, 7) is 7.28. The van der Waals surface area contributed by atoms with Gasteiger partial charge in [0.05, 0.1) is 0 Å². The van der Waals surface area contributed by atoms with Crippen LogP contribution in [-0.4, -0.2) is 24.0 Å². The van der Waals surface area contributed by atoms with E-state index in [0.29, 0.717) is 0 Å². The van der Waals surface area contributed by atoms with Crippen molar-refractivity contribution < 1.29 is 4.42 Å². The van der Waals surface area contributed by atoms with Crippen LogP contribution >= 0.6 is 0 Å². The van der Waals surface area contributed by atoms with Crippen LogP contribution < -0.4 is 0 Å². The molecule has 0 radical (unpaired) electrons. The molecule has 1 aromatic carbocycles. The third kappa shape index (κ3) is 2.00. The molecular formula is C17H21NO. The highest BCUT2D eigenvalue weighted by atomic mass is 16.3. The van der Waals surface area contributed by atoms with Crippen molar-refractivity contribution in [3.63, 3.8) is 0 Å². The molecule has 0 bridgehead atoms. The van der Waals surface area contributed by atoms with E-state index in [1.807, 2.05) is 12.1 Å². The fraction of sp³-hybridized carbons (Fsp3) is 0.412. The van der Waals surface area contributed by atoms with Gasteiger partial charge in [-0.2, -0.15) is 0 Å². The van der Waals surface area contributed by atoms with Crippen molar-refractivity contribution in [1.82, 2.24) is 4.90 Å². The minimum atomic E-state index is 0.112. The molecule has 0 N–H and O–H groups in total. The van der Waals surface area contributed by atoms with Crippen LogP contribution in [0.5, 0.6) is 0 Å². The van der Waals surface area contributed by atoms with Crippen molar-refractivity contribution in [1.29, 1.82) is 0 Å². The molecule has 0 amide bonds. The minimum absolute atomic E-state index is 0.112. The first-order valence-corrected chi connectivity index (χ1v) is 6.95. The van der Waals surface area contributed by atoms with Crippen LogP contribution in [0.25, 0.3) is 11.0 Å². The van der Waals surface area contributed by atoms with Gasteiger partial charge in [-0.05, 0) is 32.9 Å². The number of furan rings is 1. The summed E-state index contributed by atoms with van der Waals surface area (Å²) >= 11 is 0. The molecule has 0 saturated carbocycles. The van der Waals surface area contributed by atoms with Crippen molar-refractivity contribution in [2.75, 3.05) is 13.6 Å². The van der Waals surface area contributed by atoms with E-state index >= 15 is 0 Å². The molecule has 0 fully saturated rings. The first-order chi connectivity index (χ1) is 9.14. The van der Waals surface area contributed by atoms with Crippen LogP contribution in [0.2, 0.25) is 0 Å². The second kappa shape index (κ2) is 4.53. The largest absolute Gasteiger partial charge is 0.461 e. The smallest absolute Gasteiger partial charge is 0.134 e. The van der Waals surface area contributed by atoms with Crippen molar-refractivity contribution in [2.24, 2.45) is 0 Å². The highest BCUT2D eigenvalue weighted by Gasteiger charge is 2.34. The lowest BCUT2D eigenvalue weighted by Crippen LogP contribution is -2.44. The number of likely N-dealkylation sites (N-methyl/N-ethyl adjacent to an activating group) is 1. The molecule has 2 heteroatoms. The zero-order valence-corrected chi connectivity index (χ0v) is 11.8. The fourth-order valence-electron chi connectivity index (χ4n) is 3.14. The SMILES string of the molecule is C=CCC1(C)Cc2oc3ccccc3c2CCN1C. The second-order valence-corrected chi connectivity index (χ2v) is 5.84. The highest BCUT2D eigenvalue weighted by molar-refractivity contribution is 5.82. The van der Waals surface area contributed by atoms with Gasteiger partial charge in [-0.1, -0.05) is 24.3 Å². The van der Waals surface area contributed by atoms with Gasteiger partial charge in [-0.3, -0.25) is 4.90 Å². The van der Waals surface area contributed by atoms with Gasteiger partial charge in [0, 0.05) is 29.5 Å². The van der Waals surface area contributed by atoms with Crippen LogP contribution in [0.4, 0.5) is 0 Å². The Morgan fingerprint density at radius 1 is 1.42 bits per heavy atom. The molecule has 2 aromatic rings. The molecule has 1 aromatic heterocycles.